The molecule has 1 atom stereocenters. The molecule has 2 N–H and O–H groups in total. The highest BCUT2D eigenvalue weighted by molar-refractivity contribution is 6.34. The lowest BCUT2D eigenvalue weighted by molar-refractivity contribution is -0.137. The molecule has 0 saturated carbocycles. The van der Waals surface area contributed by atoms with Crippen LogP contribution in [-0.4, -0.2) is 75.7 Å². The number of alkyl halides is 3. The maximum Gasteiger partial charge on any atom is 0.418 e. The molecule has 3 fully saturated rings. The Labute approximate surface area is 261 Å². The molecule has 0 aliphatic carbocycles. The van der Waals surface area contributed by atoms with Gasteiger partial charge in [-0.05, 0) is 63.4 Å². The Bertz CT molecular complexity index is 1730. The number of nitrogen functional groups attached to an aromatic ring is 1. The summed E-state index contributed by atoms with van der Waals surface area (Å²) >= 11 is 6.56. The molecule has 5 heterocycles. The summed E-state index contributed by atoms with van der Waals surface area (Å²) in [4.78, 5) is 18.6. The van der Waals surface area contributed by atoms with Crippen LogP contribution >= 0.6 is 11.6 Å². The molecule has 0 amide bonds. The van der Waals surface area contributed by atoms with Crippen molar-refractivity contribution in [1.29, 1.82) is 10.5 Å². The Morgan fingerprint density at radius 3 is 2.51 bits per heavy atom. The van der Waals surface area contributed by atoms with E-state index in [0.717, 1.165) is 44.8 Å². The number of hydrogen-bond donors (Lipinski definition) is 1. The topological polar surface area (TPSA) is 131 Å². The lowest BCUT2D eigenvalue weighted by Crippen LogP contribution is -2.51. The van der Waals surface area contributed by atoms with E-state index < -0.39 is 34.9 Å². The number of anilines is 2. The molecule has 1 aromatic carbocycles. The summed E-state index contributed by atoms with van der Waals surface area (Å²) in [6.07, 6.45) is 1.23. The summed E-state index contributed by atoms with van der Waals surface area (Å²) in [5, 5.41) is 18.7. The fourth-order valence-electron chi connectivity index (χ4n) is 7.04. The van der Waals surface area contributed by atoms with Gasteiger partial charge in [0.1, 0.15) is 23.8 Å². The molecule has 3 saturated heterocycles. The normalized spacial score (nSPS) is 19.9. The first kappa shape index (κ1) is 30.9. The van der Waals surface area contributed by atoms with Crippen molar-refractivity contribution in [3.05, 3.63) is 34.1 Å². The van der Waals surface area contributed by atoms with E-state index in [0.29, 0.717) is 6.54 Å². The molecule has 0 unspecified atom stereocenters. The maximum atomic E-state index is 16.6. The first-order chi connectivity index (χ1) is 21.5. The second-order valence-corrected chi connectivity index (χ2v) is 12.2. The molecule has 0 spiro atoms. The summed E-state index contributed by atoms with van der Waals surface area (Å²) in [5.41, 5.74) is 2.63. The molecule has 45 heavy (non-hydrogen) atoms. The average molecular weight is 644 g/mol. The predicted octanol–water partition coefficient (Wildman–Crippen LogP) is 5.29. The number of pyridine rings is 1. The van der Waals surface area contributed by atoms with E-state index in [9.17, 15) is 23.7 Å². The Balaban J connectivity index is 1.51. The number of hydrogen-bond acceptors (Lipinski definition) is 10. The number of nitriles is 2. The molecule has 0 radical (unpaired) electrons. The quantitative estimate of drug-likeness (QED) is 0.279. The monoisotopic (exact) mass is 643 g/mol. The van der Waals surface area contributed by atoms with Gasteiger partial charge >= 0.3 is 12.2 Å². The highest BCUT2D eigenvalue weighted by Gasteiger charge is 2.45. The number of ether oxygens (including phenoxy) is 1. The molecule has 6 rings (SSSR count). The van der Waals surface area contributed by atoms with Crippen molar-refractivity contribution in [2.45, 2.75) is 56.8 Å². The van der Waals surface area contributed by atoms with Gasteiger partial charge in [-0.2, -0.15) is 33.7 Å². The van der Waals surface area contributed by atoms with Gasteiger partial charge in [0, 0.05) is 25.0 Å². The molecule has 236 valence electrons. The summed E-state index contributed by atoms with van der Waals surface area (Å²) < 4.78 is 65.5. The van der Waals surface area contributed by atoms with Crippen molar-refractivity contribution in [3.8, 4) is 29.5 Å². The smallest absolute Gasteiger partial charge is 0.418 e. The minimum absolute atomic E-state index is 0.0642. The lowest BCUT2D eigenvalue weighted by atomic mass is 9.95. The van der Waals surface area contributed by atoms with Crippen molar-refractivity contribution in [2.24, 2.45) is 0 Å². The van der Waals surface area contributed by atoms with Gasteiger partial charge in [0.05, 0.1) is 45.9 Å². The molecule has 2 aromatic heterocycles. The number of aryl methyl sites for hydroxylation is 1. The van der Waals surface area contributed by atoms with Crippen LogP contribution in [0.4, 0.5) is 29.2 Å². The van der Waals surface area contributed by atoms with E-state index in [1.165, 1.54) is 17.9 Å². The zero-order valence-corrected chi connectivity index (χ0v) is 25.2. The van der Waals surface area contributed by atoms with Gasteiger partial charge in [-0.15, -0.1) is 0 Å². The average Bonchev–Trinajstić information content (AvgIpc) is 3.56. The number of nitrogens with two attached hydrogens (primary N) is 1. The molecule has 15 heteroatoms. The predicted molar refractivity (Wildman–Crippen MR) is 159 cm³/mol. The van der Waals surface area contributed by atoms with Crippen LogP contribution < -0.4 is 15.4 Å². The van der Waals surface area contributed by atoms with E-state index in [4.69, 9.17) is 22.1 Å². The van der Waals surface area contributed by atoms with E-state index in [2.05, 4.69) is 32.1 Å². The third-order valence-electron chi connectivity index (χ3n) is 9.12. The number of rotatable bonds is 6. The van der Waals surface area contributed by atoms with Gasteiger partial charge in [-0.25, -0.2) is 9.37 Å². The Hall–Kier alpha value is -4.14. The maximum absolute atomic E-state index is 16.6. The molecule has 0 bridgehead atoms. The van der Waals surface area contributed by atoms with E-state index in [1.54, 1.807) is 4.90 Å². The van der Waals surface area contributed by atoms with Crippen LogP contribution in [0.25, 0.3) is 22.2 Å². The standard InChI is InChI=1S/C30H30ClF4N9O/c1-17-12-21(38)39-26(23(17)30(33,34)35)22-20(31)13-19-25(24(22)32)40-28(45-15-29-5-2-8-44(29)9-3-6-29)41-27(19)42-10-11-43(16-37)18(14-42)4-7-36/h12-13,18H,2-6,8-11,14-15H2,1H3,(H2,38,39)/t18-/m0/s1. The Morgan fingerprint density at radius 2 is 1.84 bits per heavy atom. The number of nitrogens with zero attached hydrogens (tertiary/aromatic N) is 8. The minimum Gasteiger partial charge on any atom is -0.461 e. The highest BCUT2D eigenvalue weighted by Crippen LogP contribution is 2.45. The molecule has 10 nitrogen and oxygen atoms in total. The molecular formula is C30H30ClF4N9O. The van der Waals surface area contributed by atoms with Crippen molar-refractivity contribution in [1.82, 2.24) is 24.8 Å². The van der Waals surface area contributed by atoms with Crippen LogP contribution in [0.5, 0.6) is 6.01 Å². The summed E-state index contributed by atoms with van der Waals surface area (Å²) in [5.74, 6) is -1.11. The number of fused-ring (bicyclic) bond motifs is 2. The SMILES string of the molecule is Cc1cc(N)nc(-c2c(Cl)cc3c(N4CCN(C#N)[C@@H](CC#N)C4)nc(OCC45CCCN4CCC5)nc3c2F)c1C(F)(F)F. The Morgan fingerprint density at radius 1 is 1.11 bits per heavy atom. The van der Waals surface area contributed by atoms with Crippen LogP contribution in [0.15, 0.2) is 12.1 Å². The zero-order valence-electron chi connectivity index (χ0n) is 24.5. The molecule has 3 aliphatic heterocycles. The number of piperazine rings is 1. The minimum atomic E-state index is -4.88. The lowest BCUT2D eigenvalue weighted by Gasteiger charge is -2.38. The second kappa shape index (κ2) is 11.7. The van der Waals surface area contributed by atoms with Crippen LogP contribution in [0.2, 0.25) is 5.02 Å². The summed E-state index contributed by atoms with van der Waals surface area (Å²) in [6, 6.07) is 3.89. The van der Waals surface area contributed by atoms with Crippen LogP contribution in [-0.2, 0) is 6.18 Å². The Kier molecular flexibility index (Phi) is 8.00. The fourth-order valence-corrected chi connectivity index (χ4v) is 7.32. The van der Waals surface area contributed by atoms with E-state index >= 15 is 4.39 Å². The molecule has 3 aromatic rings. The number of aromatic nitrogens is 3. The number of halogens is 5. The van der Waals surface area contributed by atoms with Crippen LogP contribution in [0.3, 0.4) is 0 Å². The second-order valence-electron chi connectivity index (χ2n) is 11.8. The third kappa shape index (κ3) is 5.51. The van der Waals surface area contributed by atoms with Crippen molar-refractivity contribution < 1.29 is 22.3 Å². The van der Waals surface area contributed by atoms with Gasteiger partial charge in [0.2, 0.25) is 0 Å². The summed E-state index contributed by atoms with van der Waals surface area (Å²) in [6.45, 7) is 4.19. The largest absolute Gasteiger partial charge is 0.461 e. The zero-order chi connectivity index (χ0) is 32.1. The first-order valence-electron chi connectivity index (χ1n) is 14.7. The van der Waals surface area contributed by atoms with Crippen molar-refractivity contribution >= 4 is 34.1 Å². The molecular weight excluding hydrogens is 614 g/mol. The summed E-state index contributed by atoms with van der Waals surface area (Å²) in [7, 11) is 0. The van der Waals surface area contributed by atoms with Crippen LogP contribution in [0, 0.1) is 35.5 Å². The number of benzene rings is 1. The van der Waals surface area contributed by atoms with Gasteiger partial charge < -0.3 is 20.3 Å². The van der Waals surface area contributed by atoms with Crippen LogP contribution in [0.1, 0.15) is 43.2 Å². The van der Waals surface area contributed by atoms with Crippen molar-refractivity contribution in [2.75, 3.05) is 50.0 Å². The third-order valence-corrected chi connectivity index (χ3v) is 9.42. The van der Waals surface area contributed by atoms with Gasteiger partial charge in [-0.1, -0.05) is 11.6 Å². The first-order valence-corrected chi connectivity index (χ1v) is 15.0. The van der Waals surface area contributed by atoms with E-state index in [-0.39, 0.29) is 70.8 Å². The van der Waals surface area contributed by atoms with Gasteiger partial charge in [-0.3, -0.25) is 4.90 Å². The van der Waals surface area contributed by atoms with E-state index in [1.807, 2.05) is 0 Å². The molecule has 3 aliphatic rings. The fraction of sp³-hybridized carbons (Fsp3) is 0.500. The highest BCUT2D eigenvalue weighted by atomic mass is 35.5. The van der Waals surface area contributed by atoms with Gasteiger partial charge in [0.15, 0.2) is 12.0 Å². The van der Waals surface area contributed by atoms with Gasteiger partial charge in [0.25, 0.3) is 0 Å². The van der Waals surface area contributed by atoms with Crippen molar-refractivity contribution in [3.63, 3.8) is 0 Å².